The van der Waals surface area contributed by atoms with Crippen molar-refractivity contribution >= 4 is 41.0 Å². The molecule has 0 unspecified atom stereocenters. The highest BCUT2D eigenvalue weighted by atomic mass is 35.5. The number of nitrogens with one attached hydrogen (secondary N) is 2. The highest BCUT2D eigenvalue weighted by molar-refractivity contribution is 6.31. The zero-order valence-corrected chi connectivity index (χ0v) is 17.9. The standard InChI is InChI=1S/C23H19ClFN3O5/c24-12-3-6-15-14(9-12)23(22(33)26-15)19-18(16(27-23)7-8-17(29)30)20(31)28(21(19)32)10-11-1-4-13(25)5-2-11/h1-6,9,16,18-19,27H,7-8,10H2,(H,26,33)(H,29,30)/t16-,18-,19+,23-/m1/s1. The monoisotopic (exact) mass is 471 g/mol. The number of amides is 3. The third-order valence-corrected chi connectivity index (χ3v) is 6.93. The minimum Gasteiger partial charge on any atom is -0.481 e. The molecule has 2 fully saturated rings. The predicted octanol–water partition coefficient (Wildman–Crippen LogP) is 2.26. The van der Waals surface area contributed by atoms with E-state index in [2.05, 4.69) is 10.6 Å². The van der Waals surface area contributed by atoms with Gasteiger partial charge in [-0.1, -0.05) is 23.7 Å². The smallest absolute Gasteiger partial charge is 0.303 e. The van der Waals surface area contributed by atoms with Crippen LogP contribution in [0, 0.1) is 17.7 Å². The molecule has 3 amide bonds. The number of carbonyl (C=O) groups excluding carboxylic acids is 3. The summed E-state index contributed by atoms with van der Waals surface area (Å²) in [5.74, 6) is -4.99. The molecule has 10 heteroatoms. The van der Waals surface area contributed by atoms with Crippen molar-refractivity contribution in [3.05, 3.63) is 64.4 Å². The number of aliphatic carboxylic acids is 1. The molecule has 1 spiro atoms. The minimum absolute atomic E-state index is 0.0604. The lowest BCUT2D eigenvalue weighted by atomic mass is 9.76. The molecule has 0 saturated carbocycles. The molecule has 170 valence electrons. The second kappa shape index (κ2) is 7.64. The highest BCUT2D eigenvalue weighted by Crippen LogP contribution is 2.54. The van der Waals surface area contributed by atoms with E-state index in [0.29, 0.717) is 21.8 Å². The summed E-state index contributed by atoms with van der Waals surface area (Å²) in [7, 11) is 0. The van der Waals surface area contributed by atoms with Gasteiger partial charge in [-0.05, 0) is 42.3 Å². The maximum Gasteiger partial charge on any atom is 0.303 e. The van der Waals surface area contributed by atoms with Crippen molar-refractivity contribution in [1.29, 1.82) is 0 Å². The van der Waals surface area contributed by atoms with Crippen LogP contribution in [0.2, 0.25) is 5.02 Å². The Labute approximate surface area is 192 Å². The summed E-state index contributed by atoms with van der Waals surface area (Å²) >= 11 is 6.19. The number of benzene rings is 2. The summed E-state index contributed by atoms with van der Waals surface area (Å²) in [6, 6.07) is 9.55. The topological polar surface area (TPSA) is 116 Å². The van der Waals surface area contributed by atoms with Gasteiger partial charge in [0, 0.05) is 28.7 Å². The van der Waals surface area contributed by atoms with Gasteiger partial charge in [-0.2, -0.15) is 0 Å². The van der Waals surface area contributed by atoms with Crippen LogP contribution in [0.15, 0.2) is 42.5 Å². The molecule has 0 aromatic heterocycles. The molecule has 2 aromatic rings. The van der Waals surface area contributed by atoms with E-state index in [1.807, 2.05) is 0 Å². The van der Waals surface area contributed by atoms with Crippen molar-refractivity contribution in [2.75, 3.05) is 5.32 Å². The Morgan fingerprint density at radius 3 is 2.55 bits per heavy atom. The first kappa shape index (κ1) is 21.5. The van der Waals surface area contributed by atoms with Crippen molar-refractivity contribution in [2.45, 2.75) is 31.0 Å². The Morgan fingerprint density at radius 1 is 1.12 bits per heavy atom. The summed E-state index contributed by atoms with van der Waals surface area (Å²) in [6.45, 7) is -0.0727. The number of hydrogen-bond donors (Lipinski definition) is 3. The van der Waals surface area contributed by atoms with Gasteiger partial charge in [0.05, 0.1) is 18.4 Å². The number of imide groups is 1. The fourth-order valence-electron chi connectivity index (χ4n) is 5.29. The Balaban J connectivity index is 1.58. The van der Waals surface area contributed by atoms with Gasteiger partial charge < -0.3 is 10.4 Å². The number of anilines is 1. The molecule has 0 aliphatic carbocycles. The van der Waals surface area contributed by atoms with E-state index in [4.69, 9.17) is 11.6 Å². The SMILES string of the molecule is O=C(O)CC[C@H]1N[C@@]2(C(=O)Nc3ccc(Cl)cc32)[C@@H]2C(=O)N(Cc3ccc(F)cc3)C(=O)[C@@H]21. The van der Waals surface area contributed by atoms with Gasteiger partial charge >= 0.3 is 5.97 Å². The van der Waals surface area contributed by atoms with Gasteiger partial charge in [-0.25, -0.2) is 4.39 Å². The number of nitrogens with zero attached hydrogens (tertiary/aromatic N) is 1. The first-order chi connectivity index (χ1) is 15.7. The molecule has 3 aliphatic heterocycles. The Kier molecular flexibility index (Phi) is 4.98. The summed E-state index contributed by atoms with van der Waals surface area (Å²) < 4.78 is 13.3. The van der Waals surface area contributed by atoms with Crippen LogP contribution in [0.3, 0.4) is 0 Å². The average molecular weight is 472 g/mol. The lowest BCUT2D eigenvalue weighted by molar-refractivity contribution is -0.144. The van der Waals surface area contributed by atoms with Crippen molar-refractivity contribution in [3.8, 4) is 0 Å². The Hall–Kier alpha value is -3.30. The molecule has 8 nitrogen and oxygen atoms in total. The van der Waals surface area contributed by atoms with E-state index < -0.39 is 52.9 Å². The van der Waals surface area contributed by atoms with E-state index in [9.17, 15) is 28.7 Å². The minimum atomic E-state index is -1.54. The number of rotatable bonds is 5. The van der Waals surface area contributed by atoms with Gasteiger partial charge in [0.25, 0.3) is 0 Å². The van der Waals surface area contributed by atoms with Crippen LogP contribution < -0.4 is 10.6 Å². The van der Waals surface area contributed by atoms with Crippen LogP contribution in [0.4, 0.5) is 10.1 Å². The van der Waals surface area contributed by atoms with Crippen LogP contribution in [-0.4, -0.2) is 39.7 Å². The van der Waals surface area contributed by atoms with E-state index in [1.165, 1.54) is 24.3 Å². The Morgan fingerprint density at radius 2 is 1.85 bits per heavy atom. The quantitative estimate of drug-likeness (QED) is 0.576. The van der Waals surface area contributed by atoms with Crippen molar-refractivity contribution in [3.63, 3.8) is 0 Å². The van der Waals surface area contributed by atoms with Gasteiger partial charge in [-0.3, -0.25) is 29.4 Å². The number of fused-ring (bicyclic) bond motifs is 4. The zero-order chi connectivity index (χ0) is 23.5. The maximum atomic E-state index is 13.6. The molecule has 3 aliphatic rings. The maximum absolute atomic E-state index is 13.6. The number of carbonyl (C=O) groups is 4. The molecule has 3 heterocycles. The number of likely N-dealkylation sites (tertiary alicyclic amines) is 1. The molecular formula is C23H19ClFN3O5. The molecule has 5 rings (SSSR count). The molecule has 2 aromatic carbocycles. The zero-order valence-electron chi connectivity index (χ0n) is 17.2. The normalized spacial score (nSPS) is 27.8. The van der Waals surface area contributed by atoms with Crippen molar-refractivity contribution in [1.82, 2.24) is 10.2 Å². The second-order valence-corrected chi connectivity index (χ2v) is 8.96. The van der Waals surface area contributed by atoms with E-state index in [-0.39, 0.29) is 19.4 Å². The molecule has 33 heavy (non-hydrogen) atoms. The molecule has 2 saturated heterocycles. The summed E-state index contributed by atoms with van der Waals surface area (Å²) in [5.41, 5.74) is -0.0518. The fraction of sp³-hybridized carbons (Fsp3) is 0.304. The average Bonchev–Trinajstić information content (AvgIpc) is 3.34. The highest BCUT2D eigenvalue weighted by Gasteiger charge is 2.70. The molecule has 3 N–H and O–H groups in total. The third kappa shape index (κ3) is 3.22. The number of halogens is 2. The summed E-state index contributed by atoms with van der Waals surface area (Å²) in [4.78, 5) is 52.6. The first-order valence-electron chi connectivity index (χ1n) is 10.4. The van der Waals surface area contributed by atoms with E-state index in [0.717, 1.165) is 4.90 Å². The van der Waals surface area contributed by atoms with Crippen LogP contribution in [0.1, 0.15) is 24.0 Å². The lowest BCUT2D eigenvalue weighted by Crippen LogP contribution is -2.53. The van der Waals surface area contributed by atoms with Gasteiger partial charge in [0.2, 0.25) is 17.7 Å². The van der Waals surface area contributed by atoms with Crippen LogP contribution in [0.5, 0.6) is 0 Å². The molecular weight excluding hydrogens is 453 g/mol. The molecule has 0 bridgehead atoms. The van der Waals surface area contributed by atoms with E-state index in [1.54, 1.807) is 18.2 Å². The van der Waals surface area contributed by atoms with Gasteiger partial charge in [-0.15, -0.1) is 0 Å². The lowest BCUT2D eigenvalue weighted by Gasteiger charge is -2.29. The molecule has 4 atom stereocenters. The summed E-state index contributed by atoms with van der Waals surface area (Å²) in [5, 5.41) is 15.5. The Bertz CT molecular complexity index is 1200. The number of carboxylic acid groups (broad SMARTS) is 1. The third-order valence-electron chi connectivity index (χ3n) is 6.69. The first-order valence-corrected chi connectivity index (χ1v) is 10.8. The summed E-state index contributed by atoms with van der Waals surface area (Å²) in [6.07, 6.45) is -0.175. The van der Waals surface area contributed by atoms with Crippen molar-refractivity contribution in [2.24, 2.45) is 11.8 Å². The van der Waals surface area contributed by atoms with Crippen LogP contribution in [0.25, 0.3) is 0 Å². The molecule has 0 radical (unpaired) electrons. The fourth-order valence-corrected chi connectivity index (χ4v) is 5.46. The van der Waals surface area contributed by atoms with Crippen LogP contribution in [-0.2, 0) is 31.3 Å². The largest absolute Gasteiger partial charge is 0.481 e. The predicted molar refractivity (Wildman–Crippen MR) is 114 cm³/mol. The van der Waals surface area contributed by atoms with E-state index >= 15 is 0 Å². The van der Waals surface area contributed by atoms with Crippen LogP contribution >= 0.6 is 11.6 Å². The number of hydrogen-bond acceptors (Lipinski definition) is 5. The van der Waals surface area contributed by atoms with Gasteiger partial charge in [0.15, 0.2) is 0 Å². The number of carboxylic acids is 1. The van der Waals surface area contributed by atoms with Gasteiger partial charge in [0.1, 0.15) is 11.4 Å². The second-order valence-electron chi connectivity index (χ2n) is 8.53. The van der Waals surface area contributed by atoms with Crippen molar-refractivity contribution < 1.29 is 28.7 Å².